The minimum atomic E-state index is 0.225. The summed E-state index contributed by atoms with van der Waals surface area (Å²) in [6.45, 7) is 2.06. The molecule has 5 aromatic rings. The second-order valence-electron chi connectivity index (χ2n) is 6.81. The molecule has 0 aliphatic heterocycles. The van der Waals surface area contributed by atoms with Crippen LogP contribution in [0.4, 0.5) is 11.4 Å². The van der Waals surface area contributed by atoms with E-state index in [0.29, 0.717) is 5.56 Å². The first-order valence-electron chi connectivity index (χ1n) is 9.10. The van der Waals surface area contributed by atoms with Crippen LogP contribution >= 0.6 is 11.3 Å². The topological polar surface area (TPSA) is 84.7 Å². The lowest BCUT2D eigenvalue weighted by molar-refractivity contribution is 0.477. The van der Waals surface area contributed by atoms with Gasteiger partial charge in [-0.2, -0.15) is 5.26 Å². The maximum absolute atomic E-state index is 10.2. The molecule has 3 N–H and O–H groups in total. The standard InChI is InChI=1S/C23H16N4OS/c1-13-15-8-9-25-19(15)7-6-18(13)27-22-14(11-24)12-26-23-17(22)10-21(29-23)16-4-2-3-5-20(16)28/h2-10,12,25,28H,1H3,(H,26,27). The van der Waals surface area contributed by atoms with Gasteiger partial charge in [-0.3, -0.25) is 0 Å². The van der Waals surface area contributed by atoms with Crippen molar-refractivity contribution >= 4 is 43.8 Å². The Hall–Kier alpha value is -3.82. The summed E-state index contributed by atoms with van der Waals surface area (Å²) in [4.78, 5) is 9.40. The van der Waals surface area contributed by atoms with Gasteiger partial charge in [0.25, 0.3) is 0 Å². The number of hydrogen-bond acceptors (Lipinski definition) is 5. The number of fused-ring (bicyclic) bond motifs is 2. The van der Waals surface area contributed by atoms with Gasteiger partial charge in [-0.25, -0.2) is 4.98 Å². The summed E-state index contributed by atoms with van der Waals surface area (Å²) in [6, 6.07) is 17.5. The van der Waals surface area contributed by atoms with E-state index in [2.05, 4.69) is 28.3 Å². The van der Waals surface area contributed by atoms with Crippen molar-refractivity contribution in [2.75, 3.05) is 5.32 Å². The smallest absolute Gasteiger partial charge is 0.126 e. The first-order chi connectivity index (χ1) is 14.2. The van der Waals surface area contributed by atoms with Crippen molar-refractivity contribution in [3.05, 3.63) is 72.1 Å². The molecule has 0 radical (unpaired) electrons. The van der Waals surface area contributed by atoms with E-state index < -0.39 is 0 Å². The van der Waals surface area contributed by atoms with Gasteiger partial charge in [-0.1, -0.05) is 12.1 Å². The van der Waals surface area contributed by atoms with E-state index in [1.165, 1.54) is 11.3 Å². The summed E-state index contributed by atoms with van der Waals surface area (Å²) in [6.07, 6.45) is 3.52. The first kappa shape index (κ1) is 17.3. The molecule has 2 aromatic carbocycles. The van der Waals surface area contributed by atoms with Crippen molar-refractivity contribution in [2.24, 2.45) is 0 Å². The highest BCUT2D eigenvalue weighted by atomic mass is 32.1. The number of rotatable bonds is 3. The van der Waals surface area contributed by atoms with Crippen LogP contribution in [0, 0.1) is 18.3 Å². The summed E-state index contributed by atoms with van der Waals surface area (Å²) in [5.41, 5.74) is 5.09. The predicted octanol–water partition coefficient (Wildman–Crippen LogP) is 6.07. The number of aryl methyl sites for hydroxylation is 1. The quantitative estimate of drug-likeness (QED) is 0.345. The van der Waals surface area contributed by atoms with E-state index in [1.54, 1.807) is 18.3 Å². The fraction of sp³-hybridized carbons (Fsp3) is 0.0435. The number of nitrogens with zero attached hydrogens (tertiary/aromatic N) is 2. The number of anilines is 2. The van der Waals surface area contributed by atoms with Crippen LogP contribution in [-0.2, 0) is 0 Å². The van der Waals surface area contributed by atoms with Crippen LogP contribution in [-0.4, -0.2) is 15.1 Å². The third kappa shape index (κ3) is 2.80. The molecule has 0 saturated carbocycles. The minimum Gasteiger partial charge on any atom is -0.507 e. The van der Waals surface area contributed by atoms with Crippen LogP contribution in [0.5, 0.6) is 5.75 Å². The van der Waals surface area contributed by atoms with Gasteiger partial charge in [-0.15, -0.1) is 11.3 Å². The van der Waals surface area contributed by atoms with Gasteiger partial charge in [0, 0.05) is 44.8 Å². The number of nitriles is 1. The van der Waals surface area contributed by atoms with Crippen molar-refractivity contribution in [1.82, 2.24) is 9.97 Å². The molecule has 3 heterocycles. The predicted molar refractivity (Wildman–Crippen MR) is 118 cm³/mol. The summed E-state index contributed by atoms with van der Waals surface area (Å²) >= 11 is 1.49. The van der Waals surface area contributed by atoms with Gasteiger partial charge in [0.2, 0.25) is 0 Å². The molecule has 0 fully saturated rings. The van der Waals surface area contributed by atoms with Crippen molar-refractivity contribution in [2.45, 2.75) is 6.92 Å². The van der Waals surface area contributed by atoms with Gasteiger partial charge in [0.1, 0.15) is 16.6 Å². The average Bonchev–Trinajstić information content (AvgIpc) is 3.38. The Balaban J connectivity index is 1.68. The van der Waals surface area contributed by atoms with Crippen LogP contribution in [0.25, 0.3) is 31.6 Å². The molecule has 6 heteroatoms. The van der Waals surface area contributed by atoms with Crippen LogP contribution < -0.4 is 5.32 Å². The third-order valence-corrected chi connectivity index (χ3v) is 6.19. The molecule has 0 aliphatic rings. The van der Waals surface area contributed by atoms with E-state index in [1.807, 2.05) is 42.6 Å². The Labute approximate surface area is 170 Å². The Kier molecular flexibility index (Phi) is 3.97. The number of aromatic hydroxyl groups is 1. The number of benzene rings is 2. The maximum Gasteiger partial charge on any atom is 0.126 e. The molecule has 0 unspecified atom stereocenters. The summed E-state index contributed by atoms with van der Waals surface area (Å²) in [7, 11) is 0. The number of hydrogen-bond donors (Lipinski definition) is 3. The molecule has 0 aliphatic carbocycles. The number of thiophene rings is 1. The lowest BCUT2D eigenvalue weighted by Crippen LogP contribution is -1.97. The zero-order valence-electron chi connectivity index (χ0n) is 15.5. The zero-order chi connectivity index (χ0) is 20.0. The van der Waals surface area contributed by atoms with Crippen molar-refractivity contribution in [3.63, 3.8) is 0 Å². The number of para-hydroxylation sites is 1. The molecule has 29 heavy (non-hydrogen) atoms. The molecule has 0 saturated heterocycles. The summed E-state index contributed by atoms with van der Waals surface area (Å²) < 4.78 is 0. The first-order valence-corrected chi connectivity index (χ1v) is 9.92. The normalized spacial score (nSPS) is 11.0. The number of nitrogens with one attached hydrogen (secondary N) is 2. The fourth-order valence-electron chi connectivity index (χ4n) is 3.58. The lowest BCUT2D eigenvalue weighted by atomic mass is 10.1. The lowest BCUT2D eigenvalue weighted by Gasteiger charge is -2.12. The molecular weight excluding hydrogens is 380 g/mol. The van der Waals surface area contributed by atoms with Crippen LogP contribution in [0.3, 0.4) is 0 Å². The van der Waals surface area contributed by atoms with Gasteiger partial charge in [0.05, 0.1) is 11.3 Å². The molecule has 140 valence electrons. The number of H-pyrrole nitrogens is 1. The molecular formula is C23H16N4OS. The average molecular weight is 396 g/mol. The van der Waals surface area contributed by atoms with Crippen molar-refractivity contribution < 1.29 is 5.11 Å². The molecule has 3 aromatic heterocycles. The molecule has 0 atom stereocenters. The second kappa shape index (κ2) is 6.66. The van der Waals surface area contributed by atoms with Gasteiger partial charge in [0.15, 0.2) is 0 Å². The highest BCUT2D eigenvalue weighted by Crippen LogP contribution is 2.41. The van der Waals surface area contributed by atoms with E-state index in [0.717, 1.165) is 48.5 Å². The van der Waals surface area contributed by atoms with E-state index >= 15 is 0 Å². The minimum absolute atomic E-state index is 0.225. The zero-order valence-corrected chi connectivity index (χ0v) is 16.3. The number of aromatic amines is 1. The number of phenolic OH excluding ortho intramolecular Hbond substituents is 1. The molecule has 5 nitrogen and oxygen atoms in total. The highest BCUT2D eigenvalue weighted by Gasteiger charge is 2.16. The van der Waals surface area contributed by atoms with Crippen LogP contribution in [0.15, 0.2) is 60.9 Å². The van der Waals surface area contributed by atoms with E-state index in [-0.39, 0.29) is 5.75 Å². The van der Waals surface area contributed by atoms with E-state index in [4.69, 9.17) is 0 Å². The third-order valence-electron chi connectivity index (χ3n) is 5.12. The van der Waals surface area contributed by atoms with E-state index in [9.17, 15) is 10.4 Å². The van der Waals surface area contributed by atoms with Gasteiger partial charge < -0.3 is 15.4 Å². The Morgan fingerprint density at radius 1 is 1.14 bits per heavy atom. The van der Waals surface area contributed by atoms with Crippen molar-refractivity contribution in [3.8, 4) is 22.3 Å². The molecule has 0 spiro atoms. The summed E-state index contributed by atoms with van der Waals surface area (Å²) in [5, 5.41) is 25.4. The Morgan fingerprint density at radius 3 is 2.83 bits per heavy atom. The molecule has 0 amide bonds. The fourth-order valence-corrected chi connectivity index (χ4v) is 4.62. The summed E-state index contributed by atoms with van der Waals surface area (Å²) in [5.74, 6) is 0.225. The second-order valence-corrected chi connectivity index (χ2v) is 7.84. The SMILES string of the molecule is Cc1c(Nc2c(C#N)cnc3sc(-c4ccccc4O)cc23)ccc2[nH]ccc12. The number of aromatic nitrogens is 2. The monoisotopic (exact) mass is 396 g/mol. The highest BCUT2D eigenvalue weighted by molar-refractivity contribution is 7.22. The van der Waals surface area contributed by atoms with Crippen LogP contribution in [0.2, 0.25) is 0 Å². The molecule has 0 bridgehead atoms. The maximum atomic E-state index is 10.2. The van der Waals surface area contributed by atoms with Crippen LogP contribution in [0.1, 0.15) is 11.1 Å². The molecule has 5 rings (SSSR count). The van der Waals surface area contributed by atoms with Crippen molar-refractivity contribution in [1.29, 1.82) is 5.26 Å². The number of phenols is 1. The Morgan fingerprint density at radius 2 is 2.00 bits per heavy atom. The largest absolute Gasteiger partial charge is 0.507 e. The van der Waals surface area contributed by atoms with Gasteiger partial charge >= 0.3 is 0 Å². The number of pyridine rings is 1. The van der Waals surface area contributed by atoms with Gasteiger partial charge in [-0.05, 0) is 48.9 Å². The Bertz CT molecular complexity index is 1420.